The molecule has 0 radical (unpaired) electrons. The standard InChI is InChI=1S/C20H29NO3/c1-4-16-17-11-14(2)5-6-18(17)24-19(16)15(3)21-12-20(13-22)7-9-23-10-8-20/h5-6,11,15,21-22H,4,7-10,12-13H2,1-3H3. The van der Waals surface area contributed by atoms with Crippen molar-refractivity contribution >= 4 is 11.0 Å². The molecule has 132 valence electrons. The molecule has 4 heteroatoms. The highest BCUT2D eigenvalue weighted by Crippen LogP contribution is 2.33. The lowest BCUT2D eigenvalue weighted by Crippen LogP contribution is -2.42. The predicted molar refractivity (Wildman–Crippen MR) is 96.3 cm³/mol. The van der Waals surface area contributed by atoms with Crippen LogP contribution in [0.5, 0.6) is 0 Å². The Kier molecular flexibility index (Phi) is 5.28. The Morgan fingerprint density at radius 1 is 1.29 bits per heavy atom. The van der Waals surface area contributed by atoms with E-state index in [1.165, 1.54) is 16.5 Å². The van der Waals surface area contributed by atoms with Gasteiger partial charge in [0.15, 0.2) is 0 Å². The quantitative estimate of drug-likeness (QED) is 0.846. The molecule has 1 aromatic heterocycles. The molecule has 1 saturated heterocycles. The molecule has 1 atom stereocenters. The lowest BCUT2D eigenvalue weighted by molar-refractivity contribution is -0.0165. The molecule has 0 spiro atoms. The highest BCUT2D eigenvalue weighted by Gasteiger charge is 2.32. The van der Waals surface area contributed by atoms with Crippen molar-refractivity contribution in [2.24, 2.45) is 5.41 Å². The van der Waals surface area contributed by atoms with Gasteiger partial charge in [-0.15, -0.1) is 0 Å². The number of furan rings is 1. The smallest absolute Gasteiger partial charge is 0.134 e. The Bertz CT molecular complexity index is 685. The molecule has 1 unspecified atom stereocenters. The minimum Gasteiger partial charge on any atom is -0.459 e. The minimum absolute atomic E-state index is 0.0680. The van der Waals surface area contributed by atoms with Gasteiger partial charge in [-0.3, -0.25) is 0 Å². The van der Waals surface area contributed by atoms with Crippen LogP contribution in [0.1, 0.15) is 49.6 Å². The molecule has 0 amide bonds. The Labute approximate surface area is 144 Å². The Hall–Kier alpha value is -1.36. The molecule has 24 heavy (non-hydrogen) atoms. The number of hydrogen-bond donors (Lipinski definition) is 2. The summed E-state index contributed by atoms with van der Waals surface area (Å²) in [5.74, 6) is 1.03. The third kappa shape index (κ3) is 3.37. The highest BCUT2D eigenvalue weighted by atomic mass is 16.5. The summed E-state index contributed by atoms with van der Waals surface area (Å²) < 4.78 is 11.6. The van der Waals surface area contributed by atoms with Crippen LogP contribution in [-0.4, -0.2) is 31.5 Å². The summed E-state index contributed by atoms with van der Waals surface area (Å²) in [7, 11) is 0. The van der Waals surface area contributed by atoms with Gasteiger partial charge < -0.3 is 19.6 Å². The van der Waals surface area contributed by atoms with Crippen LogP contribution in [0.25, 0.3) is 11.0 Å². The maximum Gasteiger partial charge on any atom is 0.134 e. The second-order valence-electron chi connectivity index (χ2n) is 7.17. The summed E-state index contributed by atoms with van der Waals surface area (Å²) in [4.78, 5) is 0. The normalized spacial score (nSPS) is 18.8. The summed E-state index contributed by atoms with van der Waals surface area (Å²) >= 11 is 0. The van der Waals surface area contributed by atoms with Crippen LogP contribution in [-0.2, 0) is 11.2 Å². The lowest BCUT2D eigenvalue weighted by Gasteiger charge is -2.36. The zero-order chi connectivity index (χ0) is 17.2. The van der Waals surface area contributed by atoms with E-state index in [9.17, 15) is 5.11 Å². The molecule has 2 N–H and O–H groups in total. The Balaban J connectivity index is 1.79. The van der Waals surface area contributed by atoms with Crippen molar-refractivity contribution in [3.63, 3.8) is 0 Å². The van der Waals surface area contributed by atoms with E-state index in [-0.39, 0.29) is 18.1 Å². The third-order valence-corrected chi connectivity index (χ3v) is 5.40. The molecule has 0 aliphatic carbocycles. The van der Waals surface area contributed by atoms with E-state index in [2.05, 4.69) is 44.3 Å². The number of fused-ring (bicyclic) bond motifs is 1. The van der Waals surface area contributed by atoms with Crippen LogP contribution < -0.4 is 5.32 Å². The van der Waals surface area contributed by atoms with E-state index < -0.39 is 0 Å². The lowest BCUT2D eigenvalue weighted by atomic mass is 9.81. The van der Waals surface area contributed by atoms with Gasteiger partial charge in [0.05, 0.1) is 12.6 Å². The van der Waals surface area contributed by atoms with Crippen LogP contribution in [0.2, 0.25) is 0 Å². The summed E-state index contributed by atoms with van der Waals surface area (Å²) in [6, 6.07) is 6.49. The highest BCUT2D eigenvalue weighted by molar-refractivity contribution is 5.83. The molecular formula is C20H29NO3. The van der Waals surface area contributed by atoms with E-state index in [0.29, 0.717) is 0 Å². The molecule has 4 nitrogen and oxygen atoms in total. The number of nitrogens with one attached hydrogen (secondary N) is 1. The van der Waals surface area contributed by atoms with E-state index in [1.807, 2.05) is 0 Å². The van der Waals surface area contributed by atoms with E-state index in [4.69, 9.17) is 9.15 Å². The number of aliphatic hydroxyl groups is 1. The summed E-state index contributed by atoms with van der Waals surface area (Å²) in [6.07, 6.45) is 2.77. The van der Waals surface area contributed by atoms with Gasteiger partial charge >= 0.3 is 0 Å². The molecule has 0 saturated carbocycles. The van der Waals surface area contributed by atoms with Gasteiger partial charge in [0.2, 0.25) is 0 Å². The van der Waals surface area contributed by atoms with Gasteiger partial charge in [-0.25, -0.2) is 0 Å². The largest absolute Gasteiger partial charge is 0.459 e. The van der Waals surface area contributed by atoms with Crippen molar-refractivity contribution in [1.29, 1.82) is 0 Å². The first-order chi connectivity index (χ1) is 11.6. The Morgan fingerprint density at radius 3 is 2.71 bits per heavy atom. The van der Waals surface area contributed by atoms with Crippen molar-refractivity contribution in [2.45, 2.75) is 46.1 Å². The molecule has 1 aliphatic rings. The number of ether oxygens (including phenoxy) is 1. The number of benzene rings is 1. The third-order valence-electron chi connectivity index (χ3n) is 5.40. The first-order valence-corrected chi connectivity index (χ1v) is 9.02. The topological polar surface area (TPSA) is 54.6 Å². The van der Waals surface area contributed by atoms with Crippen molar-refractivity contribution in [3.8, 4) is 0 Å². The molecule has 2 heterocycles. The first-order valence-electron chi connectivity index (χ1n) is 9.02. The summed E-state index contributed by atoms with van der Waals surface area (Å²) in [5, 5.41) is 14.7. The van der Waals surface area contributed by atoms with Crippen molar-refractivity contribution in [2.75, 3.05) is 26.4 Å². The van der Waals surface area contributed by atoms with Crippen molar-refractivity contribution in [1.82, 2.24) is 5.32 Å². The molecule has 3 rings (SSSR count). The maximum absolute atomic E-state index is 9.85. The second-order valence-corrected chi connectivity index (χ2v) is 7.17. The SMILES string of the molecule is CCc1c(C(C)NCC2(CO)CCOCC2)oc2ccc(C)cc12. The molecule has 1 aliphatic heterocycles. The number of hydrogen-bond acceptors (Lipinski definition) is 4. The summed E-state index contributed by atoms with van der Waals surface area (Å²) in [6.45, 7) is 8.90. The van der Waals surface area contributed by atoms with Gasteiger partial charge in [-0.2, -0.15) is 0 Å². The van der Waals surface area contributed by atoms with Gasteiger partial charge in [0.25, 0.3) is 0 Å². The zero-order valence-electron chi connectivity index (χ0n) is 15.0. The number of aryl methyl sites for hydroxylation is 2. The fourth-order valence-corrected chi connectivity index (χ4v) is 3.65. The molecule has 1 fully saturated rings. The van der Waals surface area contributed by atoms with Crippen LogP contribution in [0.3, 0.4) is 0 Å². The average Bonchev–Trinajstić information content (AvgIpc) is 2.98. The van der Waals surface area contributed by atoms with Gasteiger partial charge in [0.1, 0.15) is 11.3 Å². The Morgan fingerprint density at radius 2 is 2.04 bits per heavy atom. The monoisotopic (exact) mass is 331 g/mol. The molecule has 2 aromatic rings. The number of rotatable bonds is 6. The van der Waals surface area contributed by atoms with E-state index in [1.54, 1.807) is 0 Å². The van der Waals surface area contributed by atoms with Crippen LogP contribution in [0.15, 0.2) is 22.6 Å². The average molecular weight is 331 g/mol. The maximum atomic E-state index is 9.85. The van der Waals surface area contributed by atoms with Crippen molar-refractivity contribution < 1.29 is 14.3 Å². The molecule has 1 aromatic carbocycles. The minimum atomic E-state index is -0.0680. The van der Waals surface area contributed by atoms with E-state index in [0.717, 1.165) is 50.4 Å². The zero-order valence-corrected chi connectivity index (χ0v) is 15.0. The van der Waals surface area contributed by atoms with Gasteiger partial charge in [-0.1, -0.05) is 18.6 Å². The van der Waals surface area contributed by atoms with Gasteiger partial charge in [-0.05, 0) is 45.2 Å². The fraction of sp³-hybridized carbons (Fsp3) is 0.600. The van der Waals surface area contributed by atoms with Gasteiger partial charge in [0, 0.05) is 36.1 Å². The molecular weight excluding hydrogens is 302 g/mol. The first kappa shape index (κ1) is 17.5. The van der Waals surface area contributed by atoms with Crippen LogP contribution >= 0.6 is 0 Å². The number of aliphatic hydroxyl groups excluding tert-OH is 1. The summed E-state index contributed by atoms with van der Waals surface area (Å²) in [5.41, 5.74) is 3.44. The molecule has 0 bridgehead atoms. The van der Waals surface area contributed by atoms with Crippen LogP contribution in [0.4, 0.5) is 0 Å². The van der Waals surface area contributed by atoms with Crippen molar-refractivity contribution in [3.05, 3.63) is 35.1 Å². The van der Waals surface area contributed by atoms with E-state index >= 15 is 0 Å². The van der Waals surface area contributed by atoms with Crippen LogP contribution in [0, 0.1) is 12.3 Å². The fourth-order valence-electron chi connectivity index (χ4n) is 3.65. The second kappa shape index (κ2) is 7.26. The predicted octanol–water partition coefficient (Wildman–Crippen LogP) is 3.74.